The van der Waals surface area contributed by atoms with Crippen molar-refractivity contribution in [2.45, 2.75) is 57.2 Å². The van der Waals surface area contributed by atoms with E-state index in [1.807, 2.05) is 6.92 Å². The minimum Gasteiger partial charge on any atom is -0.212 e. The van der Waals surface area contributed by atoms with Crippen LogP contribution in [0.3, 0.4) is 0 Å². The Balaban J connectivity index is 2.67. The van der Waals surface area contributed by atoms with Gasteiger partial charge < -0.3 is 0 Å². The van der Waals surface area contributed by atoms with Crippen LogP contribution < -0.4 is 4.72 Å². The molecule has 1 rings (SSSR count). The summed E-state index contributed by atoms with van der Waals surface area (Å²) in [6.45, 7) is 5.47. The number of nitrogens with one attached hydrogen (secondary N) is 1. The first kappa shape index (κ1) is 11.0. The Morgan fingerprint density at radius 1 is 1.38 bits per heavy atom. The summed E-state index contributed by atoms with van der Waals surface area (Å²) in [5.74, 6) is 0. The van der Waals surface area contributed by atoms with Gasteiger partial charge in [0, 0.05) is 5.54 Å². The summed E-state index contributed by atoms with van der Waals surface area (Å²) in [7, 11) is -3.08. The van der Waals surface area contributed by atoms with Gasteiger partial charge in [0.25, 0.3) is 0 Å². The van der Waals surface area contributed by atoms with Crippen LogP contribution in [0.5, 0.6) is 0 Å². The van der Waals surface area contributed by atoms with Crippen molar-refractivity contribution in [3.8, 4) is 0 Å². The van der Waals surface area contributed by atoms with Crippen LogP contribution in [0.4, 0.5) is 0 Å². The summed E-state index contributed by atoms with van der Waals surface area (Å²) in [6.07, 6.45) is 4.04. The van der Waals surface area contributed by atoms with Crippen LogP contribution in [-0.4, -0.2) is 19.2 Å². The van der Waals surface area contributed by atoms with Gasteiger partial charge in [0.1, 0.15) is 0 Å². The Kier molecular flexibility index (Phi) is 3.02. The Hall–Kier alpha value is -0.0900. The highest BCUT2D eigenvalue weighted by Crippen LogP contribution is 2.35. The molecular formula is C9H19NO2S. The zero-order valence-electron chi connectivity index (χ0n) is 8.63. The van der Waals surface area contributed by atoms with Gasteiger partial charge in [0.05, 0.1) is 5.25 Å². The quantitative estimate of drug-likeness (QED) is 0.758. The topological polar surface area (TPSA) is 46.2 Å². The average Bonchev–Trinajstić information content (AvgIpc) is 1.96. The largest absolute Gasteiger partial charge is 0.214 e. The molecule has 1 aliphatic rings. The van der Waals surface area contributed by atoms with Gasteiger partial charge in [-0.25, -0.2) is 13.1 Å². The molecule has 0 aromatic carbocycles. The van der Waals surface area contributed by atoms with Crippen molar-refractivity contribution in [2.24, 2.45) is 0 Å². The van der Waals surface area contributed by atoms with Crippen LogP contribution in [0.25, 0.3) is 0 Å². The van der Waals surface area contributed by atoms with Gasteiger partial charge in [-0.05, 0) is 39.5 Å². The van der Waals surface area contributed by atoms with Crippen molar-refractivity contribution in [2.75, 3.05) is 0 Å². The molecule has 3 nitrogen and oxygen atoms in total. The summed E-state index contributed by atoms with van der Waals surface area (Å²) < 4.78 is 26.0. The monoisotopic (exact) mass is 205 g/mol. The van der Waals surface area contributed by atoms with E-state index in [-0.39, 0.29) is 10.8 Å². The molecule has 1 fully saturated rings. The molecule has 4 heteroatoms. The molecule has 0 heterocycles. The maximum atomic E-state index is 11.6. The molecule has 0 aromatic heterocycles. The Morgan fingerprint density at radius 3 is 2.15 bits per heavy atom. The molecule has 0 amide bonds. The van der Waals surface area contributed by atoms with Crippen LogP contribution >= 0.6 is 0 Å². The lowest BCUT2D eigenvalue weighted by atomic mass is 9.76. The molecule has 1 aliphatic carbocycles. The highest BCUT2D eigenvalue weighted by atomic mass is 32.2. The standard InChI is InChI=1S/C9H19NO2S/c1-4-9(6-5-7-9)10-13(11,12)8(2)3/h8,10H,4-7H2,1-3H3. The summed E-state index contributed by atoms with van der Waals surface area (Å²) in [5, 5.41) is -0.323. The zero-order chi connectivity index (χ0) is 10.1. The molecule has 0 radical (unpaired) electrons. The molecule has 1 N–H and O–H groups in total. The van der Waals surface area contributed by atoms with E-state index in [9.17, 15) is 8.42 Å². The number of sulfonamides is 1. The molecule has 0 saturated heterocycles. The maximum Gasteiger partial charge on any atom is 0.214 e. The molecular weight excluding hydrogens is 186 g/mol. The average molecular weight is 205 g/mol. The lowest BCUT2D eigenvalue weighted by molar-refractivity contribution is 0.213. The van der Waals surface area contributed by atoms with Gasteiger partial charge in [0.2, 0.25) is 10.0 Å². The first-order valence-corrected chi connectivity index (χ1v) is 6.49. The summed E-state index contributed by atoms with van der Waals surface area (Å²) in [5.41, 5.74) is -0.108. The van der Waals surface area contributed by atoms with Gasteiger partial charge >= 0.3 is 0 Å². The molecule has 0 aromatic rings. The lowest BCUT2D eigenvalue weighted by Crippen LogP contribution is -2.54. The smallest absolute Gasteiger partial charge is 0.212 e. The minimum absolute atomic E-state index is 0.108. The molecule has 0 aliphatic heterocycles. The van der Waals surface area contributed by atoms with E-state index in [1.54, 1.807) is 13.8 Å². The van der Waals surface area contributed by atoms with E-state index in [0.717, 1.165) is 25.7 Å². The number of rotatable bonds is 4. The van der Waals surface area contributed by atoms with Crippen molar-refractivity contribution in [3.05, 3.63) is 0 Å². The molecule has 78 valence electrons. The minimum atomic E-state index is -3.08. The van der Waals surface area contributed by atoms with Crippen LogP contribution in [-0.2, 0) is 10.0 Å². The van der Waals surface area contributed by atoms with Crippen LogP contribution in [0.1, 0.15) is 46.5 Å². The van der Waals surface area contributed by atoms with E-state index in [0.29, 0.717) is 0 Å². The fourth-order valence-electron chi connectivity index (χ4n) is 1.55. The van der Waals surface area contributed by atoms with E-state index in [4.69, 9.17) is 0 Å². The first-order valence-electron chi connectivity index (χ1n) is 4.95. The van der Waals surface area contributed by atoms with Crippen molar-refractivity contribution in [3.63, 3.8) is 0 Å². The SMILES string of the molecule is CCC1(NS(=O)(=O)C(C)C)CCC1. The highest BCUT2D eigenvalue weighted by Gasteiger charge is 2.39. The Labute approximate surface area is 81.0 Å². The van der Waals surface area contributed by atoms with Gasteiger partial charge in [0.15, 0.2) is 0 Å². The van der Waals surface area contributed by atoms with Crippen molar-refractivity contribution in [1.29, 1.82) is 0 Å². The molecule has 13 heavy (non-hydrogen) atoms. The zero-order valence-corrected chi connectivity index (χ0v) is 9.45. The van der Waals surface area contributed by atoms with Crippen LogP contribution in [0.2, 0.25) is 0 Å². The highest BCUT2D eigenvalue weighted by molar-refractivity contribution is 7.90. The van der Waals surface area contributed by atoms with Gasteiger partial charge in [-0.15, -0.1) is 0 Å². The fourth-order valence-corrected chi connectivity index (χ4v) is 2.74. The van der Waals surface area contributed by atoms with Gasteiger partial charge in [-0.2, -0.15) is 0 Å². The van der Waals surface area contributed by atoms with Crippen LogP contribution in [0.15, 0.2) is 0 Å². The van der Waals surface area contributed by atoms with Gasteiger partial charge in [-0.3, -0.25) is 0 Å². The maximum absolute atomic E-state index is 11.6. The predicted octanol–water partition coefficient (Wildman–Crippen LogP) is 1.65. The van der Waals surface area contributed by atoms with E-state index in [1.165, 1.54) is 0 Å². The van der Waals surface area contributed by atoms with Crippen molar-refractivity contribution >= 4 is 10.0 Å². The second kappa shape index (κ2) is 3.58. The summed E-state index contributed by atoms with van der Waals surface area (Å²) in [6, 6.07) is 0. The molecule has 1 saturated carbocycles. The normalized spacial score (nSPS) is 21.5. The van der Waals surface area contributed by atoms with E-state index in [2.05, 4.69) is 4.72 Å². The number of hydrogen-bond acceptors (Lipinski definition) is 2. The van der Waals surface area contributed by atoms with E-state index < -0.39 is 10.0 Å². The third-order valence-electron chi connectivity index (χ3n) is 2.97. The predicted molar refractivity (Wildman–Crippen MR) is 54.1 cm³/mol. The second-order valence-corrected chi connectivity index (χ2v) is 6.42. The lowest BCUT2D eigenvalue weighted by Gasteiger charge is -2.42. The Morgan fingerprint density at radius 2 is 1.92 bits per heavy atom. The molecule has 0 atom stereocenters. The first-order chi connectivity index (χ1) is 5.92. The third kappa shape index (κ3) is 2.23. The summed E-state index contributed by atoms with van der Waals surface area (Å²) in [4.78, 5) is 0. The number of hydrogen-bond donors (Lipinski definition) is 1. The van der Waals surface area contributed by atoms with Crippen LogP contribution in [0, 0.1) is 0 Å². The van der Waals surface area contributed by atoms with Crippen molar-refractivity contribution in [1.82, 2.24) is 4.72 Å². The molecule has 0 bridgehead atoms. The second-order valence-electron chi connectivity index (χ2n) is 4.18. The molecule has 0 unspecified atom stereocenters. The molecule has 0 spiro atoms. The van der Waals surface area contributed by atoms with Crippen molar-refractivity contribution < 1.29 is 8.42 Å². The third-order valence-corrected chi connectivity index (χ3v) is 4.93. The van der Waals surface area contributed by atoms with Gasteiger partial charge in [-0.1, -0.05) is 6.92 Å². The Bertz CT molecular complexity index is 260. The summed E-state index contributed by atoms with van der Waals surface area (Å²) >= 11 is 0. The fraction of sp³-hybridized carbons (Fsp3) is 1.00. The van der Waals surface area contributed by atoms with E-state index >= 15 is 0 Å².